The van der Waals surface area contributed by atoms with Gasteiger partial charge in [0.25, 0.3) is 0 Å². The molecule has 1 rings (SSSR count). The molecule has 1 heteroatoms. The Kier molecular flexibility index (Phi) is 2.50. The average Bonchev–Trinajstić information content (AvgIpc) is 2.09. The molecule has 0 aromatic heterocycles. The molecule has 1 heterocycles. The Morgan fingerprint density at radius 3 is 2.36 bits per heavy atom. The highest BCUT2D eigenvalue weighted by atomic mass is 15.1. The van der Waals surface area contributed by atoms with Crippen LogP contribution in [0.3, 0.4) is 0 Å². The van der Waals surface area contributed by atoms with E-state index in [9.17, 15) is 0 Å². The summed E-state index contributed by atoms with van der Waals surface area (Å²) >= 11 is 0. The summed E-state index contributed by atoms with van der Waals surface area (Å²) in [6.07, 6.45) is 2.29. The van der Waals surface area contributed by atoms with Crippen molar-refractivity contribution >= 4 is 0 Å². The molecular formula is C10H17N. The van der Waals surface area contributed by atoms with Gasteiger partial charge < -0.3 is 0 Å². The highest BCUT2D eigenvalue weighted by molar-refractivity contribution is 5.32. The van der Waals surface area contributed by atoms with Gasteiger partial charge in [0.2, 0.25) is 0 Å². The third-order valence-corrected chi connectivity index (χ3v) is 1.96. The first-order valence-corrected chi connectivity index (χ1v) is 4.11. The topological polar surface area (TPSA) is 3.24 Å². The Balaban J connectivity index is 2.73. The molecule has 0 fully saturated rings. The second-order valence-electron chi connectivity index (χ2n) is 3.70. The van der Waals surface area contributed by atoms with Crippen molar-refractivity contribution < 1.29 is 0 Å². The molecule has 0 N–H and O–H groups in total. The lowest BCUT2D eigenvalue weighted by Crippen LogP contribution is -2.14. The fraction of sp³-hybridized carbons (Fsp3) is 0.600. The van der Waals surface area contributed by atoms with E-state index < -0.39 is 0 Å². The molecular weight excluding hydrogens is 134 g/mol. The molecule has 0 amide bonds. The minimum atomic E-state index is 1.12. The van der Waals surface area contributed by atoms with E-state index in [0.29, 0.717) is 0 Å². The summed E-state index contributed by atoms with van der Waals surface area (Å²) in [7, 11) is 2.16. The van der Waals surface area contributed by atoms with Crippen LogP contribution in [-0.4, -0.2) is 25.0 Å². The molecule has 0 atom stereocenters. The normalized spacial score (nSPS) is 19.3. The Bertz CT molecular complexity index is 207. The van der Waals surface area contributed by atoms with Gasteiger partial charge in [0.15, 0.2) is 0 Å². The first-order valence-electron chi connectivity index (χ1n) is 4.11. The van der Waals surface area contributed by atoms with Gasteiger partial charge in [-0.05, 0) is 33.4 Å². The van der Waals surface area contributed by atoms with Crippen molar-refractivity contribution in [1.29, 1.82) is 0 Å². The van der Waals surface area contributed by atoms with Gasteiger partial charge in [-0.1, -0.05) is 17.2 Å². The van der Waals surface area contributed by atoms with Crippen molar-refractivity contribution in [3.8, 4) is 0 Å². The van der Waals surface area contributed by atoms with Gasteiger partial charge in [0.05, 0.1) is 0 Å². The molecule has 1 nitrogen and oxygen atoms in total. The zero-order valence-electron chi connectivity index (χ0n) is 7.94. The molecule has 0 aromatic rings. The lowest BCUT2D eigenvalue weighted by Gasteiger charge is -2.05. The van der Waals surface area contributed by atoms with Crippen LogP contribution >= 0.6 is 0 Å². The van der Waals surface area contributed by atoms with E-state index in [2.05, 4.69) is 38.8 Å². The molecule has 0 unspecified atom stereocenters. The fourth-order valence-corrected chi connectivity index (χ4v) is 1.51. The first-order chi connectivity index (χ1) is 5.09. The maximum Gasteiger partial charge on any atom is 0.0234 e. The molecule has 0 radical (unpaired) electrons. The van der Waals surface area contributed by atoms with Gasteiger partial charge >= 0.3 is 0 Å². The van der Waals surface area contributed by atoms with E-state index in [1.807, 2.05) is 0 Å². The summed E-state index contributed by atoms with van der Waals surface area (Å²) in [5.41, 5.74) is 4.43. The molecule has 62 valence electrons. The lowest BCUT2D eigenvalue weighted by molar-refractivity contribution is 0.426. The maximum absolute atomic E-state index is 2.34. The summed E-state index contributed by atoms with van der Waals surface area (Å²) in [5, 5.41) is 0. The SMILES string of the molecule is CC(C)=CC1=C(C)CN(C)C1. The summed E-state index contributed by atoms with van der Waals surface area (Å²) in [6.45, 7) is 8.78. The van der Waals surface area contributed by atoms with Crippen LogP contribution in [-0.2, 0) is 0 Å². The second-order valence-corrected chi connectivity index (χ2v) is 3.70. The minimum absolute atomic E-state index is 1.12. The van der Waals surface area contributed by atoms with Crippen molar-refractivity contribution in [2.75, 3.05) is 20.1 Å². The van der Waals surface area contributed by atoms with Crippen LogP contribution in [0.1, 0.15) is 20.8 Å². The monoisotopic (exact) mass is 151 g/mol. The average molecular weight is 151 g/mol. The van der Waals surface area contributed by atoms with Crippen LogP contribution in [0, 0.1) is 0 Å². The Morgan fingerprint density at radius 2 is 2.00 bits per heavy atom. The minimum Gasteiger partial charge on any atom is -0.298 e. The highest BCUT2D eigenvalue weighted by Crippen LogP contribution is 2.17. The van der Waals surface area contributed by atoms with Crippen LogP contribution < -0.4 is 0 Å². The van der Waals surface area contributed by atoms with E-state index in [1.165, 1.54) is 16.7 Å². The van der Waals surface area contributed by atoms with E-state index in [1.54, 1.807) is 0 Å². The summed E-state index contributed by atoms with van der Waals surface area (Å²) in [4.78, 5) is 2.34. The van der Waals surface area contributed by atoms with Crippen LogP contribution in [0.2, 0.25) is 0 Å². The highest BCUT2D eigenvalue weighted by Gasteiger charge is 2.12. The third-order valence-electron chi connectivity index (χ3n) is 1.96. The van der Waals surface area contributed by atoms with Crippen LogP contribution in [0.5, 0.6) is 0 Å². The molecule has 0 bridgehead atoms. The Hall–Kier alpha value is -0.560. The number of rotatable bonds is 1. The predicted octanol–water partition coefficient (Wildman–Crippen LogP) is 2.21. The van der Waals surface area contributed by atoms with Crippen LogP contribution in [0.4, 0.5) is 0 Å². The van der Waals surface area contributed by atoms with E-state index in [4.69, 9.17) is 0 Å². The molecule has 11 heavy (non-hydrogen) atoms. The lowest BCUT2D eigenvalue weighted by atomic mass is 10.1. The van der Waals surface area contributed by atoms with Crippen molar-refractivity contribution in [2.45, 2.75) is 20.8 Å². The van der Waals surface area contributed by atoms with Gasteiger partial charge in [-0.2, -0.15) is 0 Å². The number of hydrogen-bond acceptors (Lipinski definition) is 1. The van der Waals surface area contributed by atoms with Gasteiger partial charge in [-0.3, -0.25) is 4.90 Å². The second kappa shape index (κ2) is 3.22. The van der Waals surface area contributed by atoms with E-state index in [0.717, 1.165) is 13.1 Å². The van der Waals surface area contributed by atoms with Crippen LogP contribution in [0.25, 0.3) is 0 Å². The Morgan fingerprint density at radius 1 is 1.36 bits per heavy atom. The van der Waals surface area contributed by atoms with Crippen molar-refractivity contribution in [3.05, 3.63) is 22.8 Å². The third kappa shape index (κ3) is 2.19. The standard InChI is InChI=1S/C10H17N/c1-8(2)5-10-7-11(4)6-9(10)3/h5H,6-7H2,1-4H3. The molecule has 1 aliphatic rings. The summed E-state index contributed by atoms with van der Waals surface area (Å²) in [6, 6.07) is 0. The van der Waals surface area contributed by atoms with Crippen molar-refractivity contribution in [3.63, 3.8) is 0 Å². The number of hydrogen-bond donors (Lipinski definition) is 0. The fourth-order valence-electron chi connectivity index (χ4n) is 1.51. The van der Waals surface area contributed by atoms with Gasteiger partial charge in [-0.15, -0.1) is 0 Å². The molecule has 0 spiro atoms. The maximum atomic E-state index is 2.34. The smallest absolute Gasteiger partial charge is 0.0234 e. The number of allylic oxidation sites excluding steroid dienone is 1. The predicted molar refractivity (Wildman–Crippen MR) is 49.6 cm³/mol. The molecule has 0 saturated carbocycles. The number of likely N-dealkylation sites (N-methyl/N-ethyl adjacent to an activating group) is 1. The molecule has 0 aromatic carbocycles. The van der Waals surface area contributed by atoms with Crippen LogP contribution in [0.15, 0.2) is 22.8 Å². The number of nitrogens with zero attached hydrogens (tertiary/aromatic N) is 1. The summed E-state index contributed by atoms with van der Waals surface area (Å²) < 4.78 is 0. The molecule has 0 aliphatic carbocycles. The zero-order valence-corrected chi connectivity index (χ0v) is 7.94. The van der Waals surface area contributed by atoms with E-state index in [-0.39, 0.29) is 0 Å². The van der Waals surface area contributed by atoms with Crippen molar-refractivity contribution in [2.24, 2.45) is 0 Å². The van der Waals surface area contributed by atoms with Crippen molar-refractivity contribution in [1.82, 2.24) is 4.90 Å². The Labute approximate surface area is 69.4 Å². The largest absolute Gasteiger partial charge is 0.298 e. The first kappa shape index (κ1) is 8.54. The van der Waals surface area contributed by atoms with Gasteiger partial charge in [0.1, 0.15) is 0 Å². The quantitative estimate of drug-likeness (QED) is 0.555. The molecule has 0 saturated heterocycles. The van der Waals surface area contributed by atoms with Gasteiger partial charge in [0, 0.05) is 13.1 Å². The molecule has 1 aliphatic heterocycles. The van der Waals surface area contributed by atoms with Gasteiger partial charge in [-0.25, -0.2) is 0 Å². The summed E-state index contributed by atoms with van der Waals surface area (Å²) in [5.74, 6) is 0. The van der Waals surface area contributed by atoms with E-state index >= 15 is 0 Å². The zero-order chi connectivity index (χ0) is 8.43.